The van der Waals surface area contributed by atoms with Gasteiger partial charge in [0.2, 0.25) is 0 Å². The molecule has 0 radical (unpaired) electrons. The van der Waals surface area contributed by atoms with Crippen molar-refractivity contribution >= 4 is 50.6 Å². The normalized spacial score (nSPS) is 15.7. The molecule has 0 spiro atoms. The monoisotopic (exact) mass is 704 g/mol. The number of benzene rings is 4. The summed E-state index contributed by atoms with van der Waals surface area (Å²) in [6.07, 6.45) is -5.51. The molecule has 9 nitrogen and oxygen atoms in total. The molecule has 0 amide bonds. The number of fused-ring (bicyclic) bond motifs is 1. The van der Waals surface area contributed by atoms with Gasteiger partial charge in [-0.1, -0.05) is 35.9 Å². The van der Waals surface area contributed by atoms with Gasteiger partial charge in [0.1, 0.15) is 17.7 Å². The van der Waals surface area contributed by atoms with Crippen LogP contribution in [0.5, 0.6) is 5.75 Å². The van der Waals surface area contributed by atoms with Gasteiger partial charge in [0.15, 0.2) is 6.10 Å². The number of esters is 1. The molecule has 0 fully saturated rings. The molecule has 250 valence electrons. The zero-order valence-electron chi connectivity index (χ0n) is 25.1. The highest BCUT2D eigenvalue weighted by atomic mass is 35.5. The molecule has 1 heterocycles. The number of hydrogen-bond donors (Lipinski definition) is 0. The van der Waals surface area contributed by atoms with Crippen molar-refractivity contribution in [3.63, 3.8) is 0 Å². The Bertz CT molecular complexity index is 2020. The van der Waals surface area contributed by atoms with Gasteiger partial charge < -0.3 is 9.47 Å². The first-order chi connectivity index (χ1) is 22.6. The van der Waals surface area contributed by atoms with Crippen molar-refractivity contribution in [3.8, 4) is 5.75 Å². The summed E-state index contributed by atoms with van der Waals surface area (Å²) in [5, 5.41) is 11.1. The number of nitro benzene ring substituents is 1. The van der Waals surface area contributed by atoms with E-state index in [4.69, 9.17) is 21.1 Å². The van der Waals surface area contributed by atoms with Crippen molar-refractivity contribution in [2.45, 2.75) is 37.1 Å². The van der Waals surface area contributed by atoms with Gasteiger partial charge in [0.05, 0.1) is 38.2 Å². The Morgan fingerprint density at radius 1 is 1.08 bits per heavy atom. The highest BCUT2D eigenvalue weighted by molar-refractivity contribution is 7.92. The summed E-state index contributed by atoms with van der Waals surface area (Å²) in [6.45, 7) is 2.56. The molecule has 0 saturated carbocycles. The maximum atomic E-state index is 14.6. The Morgan fingerprint density at radius 3 is 2.42 bits per heavy atom. The second-order valence-electron chi connectivity index (χ2n) is 10.8. The number of alkyl halides is 3. The summed E-state index contributed by atoms with van der Waals surface area (Å²) in [7, 11) is -4.68. The van der Waals surface area contributed by atoms with Gasteiger partial charge in [-0.2, -0.15) is 13.2 Å². The number of carbonyl (C=O) groups excluding carboxylic acids is 1. The van der Waals surface area contributed by atoms with Crippen molar-refractivity contribution in [1.29, 1.82) is 0 Å². The molecule has 0 bridgehead atoms. The molecule has 0 aliphatic carbocycles. The molecular weight excluding hydrogens is 680 g/mol. The van der Waals surface area contributed by atoms with Gasteiger partial charge in [-0.3, -0.25) is 14.4 Å². The Morgan fingerprint density at radius 2 is 1.77 bits per heavy atom. The highest BCUT2D eigenvalue weighted by Crippen LogP contribution is 2.40. The maximum Gasteiger partial charge on any atom is 0.416 e. The van der Waals surface area contributed by atoms with E-state index in [9.17, 15) is 40.9 Å². The van der Waals surface area contributed by atoms with Crippen LogP contribution in [0.2, 0.25) is 5.02 Å². The fourth-order valence-electron chi connectivity index (χ4n) is 5.04. The third-order valence-electron chi connectivity index (χ3n) is 7.50. The fourth-order valence-corrected chi connectivity index (χ4v) is 6.88. The van der Waals surface area contributed by atoms with E-state index in [0.717, 1.165) is 34.6 Å². The number of hydrogen-bond acceptors (Lipinski definition) is 7. The molecule has 1 aliphatic rings. The second kappa shape index (κ2) is 13.3. The number of sulfonamides is 1. The third-order valence-corrected chi connectivity index (χ3v) is 9.59. The lowest BCUT2D eigenvalue weighted by Gasteiger charge is -2.37. The zero-order valence-corrected chi connectivity index (χ0v) is 26.6. The molecule has 0 aromatic heterocycles. The van der Waals surface area contributed by atoms with Crippen molar-refractivity contribution in [2.75, 3.05) is 10.8 Å². The standard InChI is InChI=1S/C33H25ClF4N2O7S/c1-19(31-26(34)7-4-8-27(31)35)15-21-9-14-29-28(16-21)39(48(44,45)25-6-3-5-23(17-25)33(36,37)38)18-30(47-29)20(2)46-32(41)22-10-12-24(13-11-22)40(42)43/h3-17,20,30H,18H2,1-2H3/b19-15+/t20-,30-/m1/s1. The first-order valence-electron chi connectivity index (χ1n) is 14.1. The lowest BCUT2D eigenvalue weighted by molar-refractivity contribution is -0.384. The Labute approximate surface area is 277 Å². The minimum Gasteiger partial charge on any atom is -0.482 e. The first-order valence-corrected chi connectivity index (χ1v) is 16.0. The van der Waals surface area contributed by atoms with Crippen LogP contribution in [0.15, 0.2) is 89.8 Å². The average molecular weight is 705 g/mol. The lowest BCUT2D eigenvalue weighted by atomic mass is 10.0. The smallest absolute Gasteiger partial charge is 0.416 e. The second-order valence-corrected chi connectivity index (χ2v) is 13.1. The van der Waals surface area contributed by atoms with Crippen LogP contribution in [-0.2, 0) is 20.9 Å². The minimum atomic E-state index is -4.82. The topological polar surface area (TPSA) is 116 Å². The molecule has 1 aliphatic heterocycles. The van der Waals surface area contributed by atoms with Crippen molar-refractivity contribution < 1.29 is 45.2 Å². The van der Waals surface area contributed by atoms with E-state index in [0.29, 0.717) is 17.2 Å². The first kappa shape index (κ1) is 34.4. The number of halogens is 5. The summed E-state index contributed by atoms with van der Waals surface area (Å²) >= 11 is 6.21. The van der Waals surface area contributed by atoms with Gasteiger partial charge in [0, 0.05) is 17.7 Å². The Balaban J connectivity index is 1.53. The summed E-state index contributed by atoms with van der Waals surface area (Å²) in [5.41, 5.74) is -0.527. The predicted molar refractivity (Wildman–Crippen MR) is 170 cm³/mol. The van der Waals surface area contributed by atoms with Crippen LogP contribution >= 0.6 is 11.6 Å². The number of ether oxygens (including phenoxy) is 2. The van der Waals surface area contributed by atoms with E-state index >= 15 is 0 Å². The molecule has 4 aromatic rings. The van der Waals surface area contributed by atoms with Crippen LogP contribution in [0.4, 0.5) is 28.9 Å². The number of non-ortho nitro benzene ring substituents is 1. The van der Waals surface area contributed by atoms with Crippen LogP contribution < -0.4 is 9.04 Å². The third kappa shape index (κ3) is 7.14. The van der Waals surface area contributed by atoms with E-state index in [1.807, 2.05) is 0 Å². The number of rotatable bonds is 8. The number of carbonyl (C=O) groups is 1. The maximum absolute atomic E-state index is 14.6. The van der Waals surface area contributed by atoms with E-state index in [-0.39, 0.29) is 33.3 Å². The van der Waals surface area contributed by atoms with E-state index in [1.54, 1.807) is 19.1 Å². The molecule has 0 N–H and O–H groups in total. The molecule has 0 unspecified atom stereocenters. The molecule has 48 heavy (non-hydrogen) atoms. The predicted octanol–water partition coefficient (Wildman–Crippen LogP) is 8.17. The zero-order chi connectivity index (χ0) is 35.0. The lowest BCUT2D eigenvalue weighted by Crippen LogP contribution is -2.49. The summed E-state index contributed by atoms with van der Waals surface area (Å²) in [6, 6.07) is 16.5. The molecule has 0 saturated heterocycles. The van der Waals surface area contributed by atoms with E-state index in [1.165, 1.54) is 49.4 Å². The number of nitro groups is 1. The van der Waals surface area contributed by atoms with Crippen molar-refractivity contribution in [3.05, 3.63) is 128 Å². The van der Waals surface area contributed by atoms with Crippen LogP contribution in [0.25, 0.3) is 11.6 Å². The van der Waals surface area contributed by atoms with Crippen LogP contribution in [0, 0.1) is 15.9 Å². The Kier molecular flexibility index (Phi) is 9.51. The van der Waals surface area contributed by atoms with Gasteiger partial charge in [-0.05, 0) is 79.6 Å². The van der Waals surface area contributed by atoms with Gasteiger partial charge in [-0.25, -0.2) is 17.6 Å². The highest BCUT2D eigenvalue weighted by Gasteiger charge is 2.39. The van der Waals surface area contributed by atoms with Gasteiger partial charge >= 0.3 is 12.1 Å². The number of nitrogens with zero attached hydrogens (tertiary/aromatic N) is 2. The van der Waals surface area contributed by atoms with Crippen LogP contribution in [0.1, 0.15) is 40.9 Å². The van der Waals surface area contributed by atoms with E-state index in [2.05, 4.69) is 0 Å². The number of anilines is 1. The Hall–Kier alpha value is -4.95. The quantitative estimate of drug-likeness (QED) is 0.0597. The average Bonchev–Trinajstić information content (AvgIpc) is 3.03. The number of allylic oxidation sites excluding steroid dienone is 1. The fraction of sp³-hybridized carbons (Fsp3) is 0.182. The van der Waals surface area contributed by atoms with Gasteiger partial charge in [-0.15, -0.1) is 0 Å². The SMILES string of the molecule is C/C(=C\c1ccc2c(c1)N(S(=O)(=O)c1cccc(C(F)(F)F)c1)C[C@H]([C@@H](C)OC(=O)c1ccc([N+](=O)[O-])cc1)O2)c1c(F)cccc1Cl. The van der Waals surface area contributed by atoms with Crippen LogP contribution in [0.3, 0.4) is 0 Å². The summed E-state index contributed by atoms with van der Waals surface area (Å²) in [5.74, 6) is -1.44. The van der Waals surface area contributed by atoms with Gasteiger partial charge in [0.25, 0.3) is 15.7 Å². The molecule has 15 heteroatoms. The van der Waals surface area contributed by atoms with E-state index < -0.39 is 62.1 Å². The largest absolute Gasteiger partial charge is 0.482 e. The molecule has 5 rings (SSSR count). The summed E-state index contributed by atoms with van der Waals surface area (Å²) < 4.78 is 95.7. The molecule has 2 atom stereocenters. The summed E-state index contributed by atoms with van der Waals surface area (Å²) in [4.78, 5) is 22.5. The molecular formula is C33H25ClF4N2O7S. The minimum absolute atomic E-state index is 0.0127. The van der Waals surface area contributed by atoms with Crippen molar-refractivity contribution in [1.82, 2.24) is 0 Å². The molecule has 4 aromatic carbocycles. The van der Waals surface area contributed by atoms with Crippen molar-refractivity contribution in [2.24, 2.45) is 0 Å². The van der Waals surface area contributed by atoms with Crippen LogP contribution in [-0.4, -0.2) is 38.1 Å².